The minimum Gasteiger partial charge on any atom is -0.478 e. The van der Waals surface area contributed by atoms with E-state index in [9.17, 15) is 4.79 Å². The maximum Gasteiger partial charge on any atom is 0.339 e. The Bertz CT molecular complexity index is 597. The molecule has 92 valence electrons. The fourth-order valence-electron chi connectivity index (χ4n) is 1.50. The number of nitrogens with two attached hydrogens (primary N) is 1. The number of hydrogen-bond donors (Lipinski definition) is 2. The number of rotatable bonds is 3. The van der Waals surface area contributed by atoms with Crippen molar-refractivity contribution in [1.82, 2.24) is 4.98 Å². The molecular formula is C13H12N2O3. The summed E-state index contributed by atoms with van der Waals surface area (Å²) in [5.74, 6) is -0.323. The van der Waals surface area contributed by atoms with Gasteiger partial charge in [0.25, 0.3) is 0 Å². The first-order valence-electron chi connectivity index (χ1n) is 5.30. The zero-order chi connectivity index (χ0) is 13.1. The van der Waals surface area contributed by atoms with E-state index in [-0.39, 0.29) is 11.3 Å². The zero-order valence-corrected chi connectivity index (χ0v) is 9.75. The molecule has 2 aromatic rings. The molecule has 3 N–H and O–H groups in total. The van der Waals surface area contributed by atoms with Crippen LogP contribution in [0.3, 0.4) is 0 Å². The van der Waals surface area contributed by atoms with Crippen molar-refractivity contribution < 1.29 is 14.6 Å². The van der Waals surface area contributed by atoms with Crippen molar-refractivity contribution in [2.75, 3.05) is 5.73 Å². The molecule has 2 rings (SSSR count). The minimum absolute atomic E-state index is 0.0262. The van der Waals surface area contributed by atoms with Crippen LogP contribution in [0.15, 0.2) is 36.5 Å². The Labute approximate surface area is 104 Å². The maximum atomic E-state index is 11.1. The van der Waals surface area contributed by atoms with Gasteiger partial charge in [-0.05, 0) is 37.3 Å². The summed E-state index contributed by atoms with van der Waals surface area (Å²) in [5.41, 5.74) is 6.65. The van der Waals surface area contributed by atoms with Crippen LogP contribution in [0.25, 0.3) is 0 Å². The largest absolute Gasteiger partial charge is 0.478 e. The highest BCUT2D eigenvalue weighted by Gasteiger charge is 2.13. The van der Waals surface area contributed by atoms with Crippen molar-refractivity contribution in [3.05, 3.63) is 47.8 Å². The van der Waals surface area contributed by atoms with Gasteiger partial charge in [-0.2, -0.15) is 0 Å². The maximum absolute atomic E-state index is 11.1. The van der Waals surface area contributed by atoms with Crippen LogP contribution < -0.4 is 10.5 Å². The van der Waals surface area contributed by atoms with Gasteiger partial charge in [-0.1, -0.05) is 0 Å². The molecule has 0 atom stereocenters. The fraction of sp³-hybridized carbons (Fsp3) is 0.0769. The van der Waals surface area contributed by atoms with Crippen LogP contribution in [0.2, 0.25) is 0 Å². The summed E-state index contributed by atoms with van der Waals surface area (Å²) in [6.07, 6.45) is 1.64. The first-order valence-corrected chi connectivity index (χ1v) is 5.30. The Morgan fingerprint density at radius 2 is 2.11 bits per heavy atom. The average Bonchev–Trinajstić information content (AvgIpc) is 2.34. The van der Waals surface area contributed by atoms with Crippen LogP contribution >= 0.6 is 0 Å². The second kappa shape index (κ2) is 4.75. The van der Waals surface area contributed by atoms with Crippen LogP contribution in [0.5, 0.6) is 11.5 Å². The first kappa shape index (κ1) is 11.9. The molecule has 5 heteroatoms. The van der Waals surface area contributed by atoms with E-state index in [1.807, 2.05) is 0 Å². The van der Waals surface area contributed by atoms with Crippen LogP contribution in [0.4, 0.5) is 5.69 Å². The van der Waals surface area contributed by atoms with E-state index >= 15 is 0 Å². The van der Waals surface area contributed by atoms with E-state index < -0.39 is 5.97 Å². The van der Waals surface area contributed by atoms with E-state index in [0.29, 0.717) is 17.1 Å². The monoisotopic (exact) mass is 244 g/mol. The van der Waals surface area contributed by atoms with Crippen molar-refractivity contribution in [3.8, 4) is 11.5 Å². The van der Waals surface area contributed by atoms with Crippen molar-refractivity contribution in [1.29, 1.82) is 0 Å². The van der Waals surface area contributed by atoms with Crippen molar-refractivity contribution in [3.63, 3.8) is 0 Å². The predicted octanol–water partition coefficient (Wildman–Crippen LogP) is 2.46. The fourth-order valence-corrected chi connectivity index (χ4v) is 1.50. The molecule has 0 unspecified atom stereocenters. The van der Waals surface area contributed by atoms with Crippen LogP contribution in [0.1, 0.15) is 16.1 Å². The number of aromatic nitrogens is 1. The van der Waals surface area contributed by atoms with Gasteiger partial charge in [0.2, 0.25) is 0 Å². The molecule has 5 nitrogen and oxygen atoms in total. The highest BCUT2D eigenvalue weighted by molar-refractivity contribution is 5.92. The van der Waals surface area contributed by atoms with Crippen LogP contribution in [-0.2, 0) is 0 Å². The smallest absolute Gasteiger partial charge is 0.339 e. The van der Waals surface area contributed by atoms with Gasteiger partial charge in [-0.25, -0.2) is 4.79 Å². The topological polar surface area (TPSA) is 85.4 Å². The number of benzene rings is 1. The number of nitrogen functional groups attached to an aromatic ring is 1. The molecule has 0 radical (unpaired) electrons. The Morgan fingerprint density at radius 1 is 1.33 bits per heavy atom. The predicted molar refractivity (Wildman–Crippen MR) is 66.9 cm³/mol. The van der Waals surface area contributed by atoms with Crippen molar-refractivity contribution in [2.24, 2.45) is 0 Å². The van der Waals surface area contributed by atoms with E-state index in [0.717, 1.165) is 0 Å². The number of aryl methyl sites for hydroxylation is 1. The highest BCUT2D eigenvalue weighted by atomic mass is 16.5. The molecule has 0 saturated heterocycles. The number of carbonyl (C=O) groups is 1. The Kier molecular flexibility index (Phi) is 3.14. The Balaban J connectivity index is 2.41. The summed E-state index contributed by atoms with van der Waals surface area (Å²) in [7, 11) is 0. The van der Waals surface area contributed by atoms with E-state index in [2.05, 4.69) is 4.98 Å². The number of anilines is 1. The lowest BCUT2D eigenvalue weighted by atomic mass is 10.2. The van der Waals surface area contributed by atoms with Gasteiger partial charge in [0.1, 0.15) is 17.1 Å². The lowest BCUT2D eigenvalue weighted by Crippen LogP contribution is -2.02. The van der Waals surface area contributed by atoms with Gasteiger partial charge in [0, 0.05) is 11.9 Å². The van der Waals surface area contributed by atoms with E-state index in [1.54, 1.807) is 31.3 Å². The number of carboxylic acids is 1. The summed E-state index contributed by atoms with van der Waals surface area (Å²) >= 11 is 0. The molecule has 0 aliphatic heterocycles. The van der Waals surface area contributed by atoms with Gasteiger partial charge < -0.3 is 15.6 Å². The number of pyridine rings is 1. The standard InChI is InChI=1S/C13H12N2O3/c1-8-11(3-2-6-15-8)18-12-5-4-9(14)7-10(12)13(16)17/h2-7H,14H2,1H3,(H,16,17). The lowest BCUT2D eigenvalue weighted by molar-refractivity contribution is 0.0694. The summed E-state index contributed by atoms with van der Waals surface area (Å²) in [6, 6.07) is 7.94. The number of aromatic carboxylic acids is 1. The van der Waals surface area contributed by atoms with Gasteiger partial charge in [0.05, 0.1) is 5.69 Å². The Hall–Kier alpha value is -2.56. The van der Waals surface area contributed by atoms with E-state index in [1.165, 1.54) is 12.1 Å². The normalized spacial score (nSPS) is 10.1. The van der Waals surface area contributed by atoms with Gasteiger partial charge in [0.15, 0.2) is 0 Å². The molecule has 0 aliphatic carbocycles. The van der Waals surface area contributed by atoms with Crippen molar-refractivity contribution >= 4 is 11.7 Å². The average molecular weight is 244 g/mol. The molecule has 0 amide bonds. The number of ether oxygens (including phenoxy) is 1. The zero-order valence-electron chi connectivity index (χ0n) is 9.75. The molecule has 0 bridgehead atoms. The third-order valence-electron chi connectivity index (χ3n) is 2.41. The van der Waals surface area contributed by atoms with Gasteiger partial charge >= 0.3 is 5.97 Å². The number of nitrogens with zero attached hydrogens (tertiary/aromatic N) is 1. The lowest BCUT2D eigenvalue weighted by Gasteiger charge is -2.10. The summed E-state index contributed by atoms with van der Waals surface area (Å²) < 4.78 is 5.56. The second-order valence-corrected chi connectivity index (χ2v) is 3.75. The minimum atomic E-state index is -1.08. The molecule has 1 heterocycles. The molecule has 0 fully saturated rings. The third kappa shape index (κ3) is 2.40. The number of carboxylic acid groups (broad SMARTS) is 1. The molecule has 1 aromatic carbocycles. The summed E-state index contributed by atoms with van der Waals surface area (Å²) in [5, 5.41) is 9.09. The third-order valence-corrected chi connectivity index (χ3v) is 2.41. The quantitative estimate of drug-likeness (QED) is 0.810. The molecule has 0 aliphatic rings. The summed E-state index contributed by atoms with van der Waals surface area (Å²) in [4.78, 5) is 15.2. The first-order chi connectivity index (χ1) is 8.58. The van der Waals surface area contributed by atoms with Gasteiger partial charge in [-0.15, -0.1) is 0 Å². The van der Waals surface area contributed by atoms with Crippen LogP contribution in [0, 0.1) is 6.92 Å². The Morgan fingerprint density at radius 3 is 2.78 bits per heavy atom. The molecular weight excluding hydrogens is 232 g/mol. The molecule has 18 heavy (non-hydrogen) atoms. The van der Waals surface area contributed by atoms with Crippen LogP contribution in [-0.4, -0.2) is 16.1 Å². The highest BCUT2D eigenvalue weighted by Crippen LogP contribution is 2.28. The van der Waals surface area contributed by atoms with Gasteiger partial charge in [-0.3, -0.25) is 4.98 Å². The molecule has 0 spiro atoms. The molecule has 1 aromatic heterocycles. The SMILES string of the molecule is Cc1ncccc1Oc1ccc(N)cc1C(=O)O. The summed E-state index contributed by atoms with van der Waals surface area (Å²) in [6.45, 7) is 1.78. The van der Waals surface area contributed by atoms with E-state index in [4.69, 9.17) is 15.6 Å². The molecule has 0 saturated carbocycles. The number of hydrogen-bond acceptors (Lipinski definition) is 4. The second-order valence-electron chi connectivity index (χ2n) is 3.75. The van der Waals surface area contributed by atoms with Crippen molar-refractivity contribution in [2.45, 2.75) is 6.92 Å².